The molecule has 0 spiro atoms. The molecular weight excluding hydrogens is 370 g/mol. The summed E-state index contributed by atoms with van der Waals surface area (Å²) < 4.78 is 5.33. The van der Waals surface area contributed by atoms with Crippen molar-refractivity contribution in [2.45, 2.75) is 71.4 Å². The molecule has 7 nitrogen and oxygen atoms in total. The first kappa shape index (κ1) is 21.4. The van der Waals surface area contributed by atoms with Crippen LogP contribution in [0.25, 0.3) is 0 Å². The van der Waals surface area contributed by atoms with Crippen LogP contribution in [-0.2, 0) is 16.1 Å². The lowest BCUT2D eigenvalue weighted by atomic mass is 9.74. The van der Waals surface area contributed by atoms with Crippen LogP contribution < -0.4 is 5.32 Å². The van der Waals surface area contributed by atoms with Crippen molar-refractivity contribution in [1.29, 1.82) is 0 Å². The minimum absolute atomic E-state index is 0.0353. The number of carbonyl (C=O) groups excluding carboxylic acids is 3. The predicted octanol–water partition coefficient (Wildman–Crippen LogP) is 3.55. The molecule has 0 radical (unpaired) electrons. The molecule has 1 aromatic heterocycles. The number of carbonyl (C=O) groups is 3. The number of nitrogens with one attached hydrogen (secondary N) is 1. The zero-order valence-corrected chi connectivity index (χ0v) is 17.8. The van der Waals surface area contributed by atoms with E-state index < -0.39 is 5.54 Å². The molecule has 2 fully saturated rings. The zero-order valence-electron chi connectivity index (χ0n) is 17.8. The van der Waals surface area contributed by atoms with Gasteiger partial charge in [0.15, 0.2) is 0 Å². The van der Waals surface area contributed by atoms with E-state index in [2.05, 4.69) is 19.2 Å². The topological polar surface area (TPSA) is 82.9 Å². The van der Waals surface area contributed by atoms with Crippen molar-refractivity contribution in [2.75, 3.05) is 13.1 Å². The Bertz CT molecular complexity index is 724. The van der Waals surface area contributed by atoms with Gasteiger partial charge in [-0.15, -0.1) is 0 Å². The van der Waals surface area contributed by atoms with Crippen LogP contribution in [0.2, 0.25) is 0 Å². The highest BCUT2D eigenvalue weighted by Gasteiger charge is 2.55. The van der Waals surface area contributed by atoms with Gasteiger partial charge in [0.25, 0.3) is 5.91 Å². The van der Waals surface area contributed by atoms with E-state index in [4.69, 9.17) is 4.42 Å². The van der Waals surface area contributed by atoms with Crippen molar-refractivity contribution in [3.63, 3.8) is 0 Å². The number of rotatable bonds is 8. The Morgan fingerprint density at radius 1 is 1.31 bits per heavy atom. The lowest BCUT2D eigenvalue weighted by Crippen LogP contribution is -2.56. The molecule has 3 heterocycles. The van der Waals surface area contributed by atoms with Crippen LogP contribution in [0, 0.1) is 11.8 Å². The van der Waals surface area contributed by atoms with Gasteiger partial charge in [0.05, 0.1) is 12.8 Å². The van der Waals surface area contributed by atoms with Gasteiger partial charge in [0.1, 0.15) is 11.3 Å². The number of hydrogen-bond acceptors (Lipinski definition) is 4. The summed E-state index contributed by atoms with van der Waals surface area (Å²) in [6.07, 6.45) is 5.98. The highest BCUT2D eigenvalue weighted by atomic mass is 16.3. The van der Waals surface area contributed by atoms with Gasteiger partial charge >= 0.3 is 6.03 Å². The first-order chi connectivity index (χ1) is 13.9. The first-order valence-corrected chi connectivity index (χ1v) is 10.9. The SMILES string of the molecule is CCC[C@]1(C2CCN(C(=O)C[C@@H](C)CC)CC2)NC(=O)N(Cc2ccco2)C1=O. The molecule has 4 amide bonds. The van der Waals surface area contributed by atoms with Crippen LogP contribution in [0.15, 0.2) is 22.8 Å². The van der Waals surface area contributed by atoms with Gasteiger partial charge < -0.3 is 14.6 Å². The summed E-state index contributed by atoms with van der Waals surface area (Å²) in [5.74, 6) is 1.05. The Labute approximate surface area is 172 Å². The summed E-state index contributed by atoms with van der Waals surface area (Å²) in [5, 5.41) is 3.03. The molecule has 1 N–H and O–H groups in total. The van der Waals surface area contributed by atoms with E-state index in [1.165, 1.54) is 4.90 Å². The minimum Gasteiger partial charge on any atom is -0.467 e. The third kappa shape index (κ3) is 4.33. The van der Waals surface area contributed by atoms with Gasteiger partial charge in [-0.2, -0.15) is 0 Å². The van der Waals surface area contributed by atoms with E-state index in [9.17, 15) is 14.4 Å². The van der Waals surface area contributed by atoms with E-state index in [1.54, 1.807) is 18.4 Å². The Balaban J connectivity index is 1.69. The predicted molar refractivity (Wildman–Crippen MR) is 109 cm³/mol. The number of likely N-dealkylation sites (tertiary alicyclic amines) is 1. The van der Waals surface area contributed by atoms with Crippen molar-refractivity contribution in [3.05, 3.63) is 24.2 Å². The summed E-state index contributed by atoms with van der Waals surface area (Å²) in [7, 11) is 0. The fourth-order valence-electron chi connectivity index (χ4n) is 4.58. The molecule has 29 heavy (non-hydrogen) atoms. The van der Waals surface area contributed by atoms with E-state index in [0.29, 0.717) is 37.6 Å². The fourth-order valence-corrected chi connectivity index (χ4v) is 4.58. The molecule has 2 atom stereocenters. The molecule has 1 aromatic rings. The molecular formula is C22H33N3O4. The second kappa shape index (κ2) is 9.01. The number of imide groups is 1. The second-order valence-electron chi connectivity index (χ2n) is 8.49. The maximum Gasteiger partial charge on any atom is 0.325 e. The molecule has 0 aliphatic carbocycles. The lowest BCUT2D eigenvalue weighted by molar-refractivity contribution is -0.137. The molecule has 0 bridgehead atoms. The monoisotopic (exact) mass is 403 g/mol. The molecule has 0 aromatic carbocycles. The van der Waals surface area contributed by atoms with Crippen molar-refractivity contribution >= 4 is 17.8 Å². The van der Waals surface area contributed by atoms with Crippen molar-refractivity contribution in [2.24, 2.45) is 11.8 Å². The minimum atomic E-state index is -0.871. The number of amides is 4. The molecule has 0 unspecified atom stereocenters. The maximum atomic E-state index is 13.4. The number of hydrogen-bond donors (Lipinski definition) is 1. The molecule has 7 heteroatoms. The Kier molecular flexibility index (Phi) is 6.65. The summed E-state index contributed by atoms with van der Waals surface area (Å²) in [5.41, 5.74) is -0.871. The van der Waals surface area contributed by atoms with Gasteiger partial charge in [-0.1, -0.05) is 33.6 Å². The smallest absolute Gasteiger partial charge is 0.325 e. The van der Waals surface area contributed by atoms with Crippen LogP contribution in [-0.4, -0.2) is 46.3 Å². The van der Waals surface area contributed by atoms with Crippen LogP contribution in [0.3, 0.4) is 0 Å². The van der Waals surface area contributed by atoms with Gasteiger partial charge in [-0.05, 0) is 43.2 Å². The normalized spacial score (nSPS) is 24.1. The second-order valence-corrected chi connectivity index (χ2v) is 8.49. The molecule has 2 aliphatic rings. The van der Waals surface area contributed by atoms with E-state index in [-0.39, 0.29) is 30.3 Å². The Morgan fingerprint density at radius 2 is 2.03 bits per heavy atom. The molecule has 160 valence electrons. The first-order valence-electron chi connectivity index (χ1n) is 10.9. The third-order valence-electron chi connectivity index (χ3n) is 6.50. The Morgan fingerprint density at radius 3 is 2.62 bits per heavy atom. The van der Waals surface area contributed by atoms with E-state index in [1.807, 2.05) is 11.8 Å². The lowest BCUT2D eigenvalue weighted by Gasteiger charge is -2.41. The largest absolute Gasteiger partial charge is 0.467 e. The summed E-state index contributed by atoms with van der Waals surface area (Å²) in [6.45, 7) is 7.67. The molecule has 0 saturated carbocycles. The van der Waals surface area contributed by atoms with Crippen LogP contribution in [0.5, 0.6) is 0 Å². The highest BCUT2D eigenvalue weighted by molar-refractivity contribution is 6.07. The fraction of sp³-hybridized carbons (Fsp3) is 0.682. The number of urea groups is 1. The quantitative estimate of drug-likeness (QED) is 0.673. The average molecular weight is 404 g/mol. The highest BCUT2D eigenvalue weighted by Crippen LogP contribution is 2.37. The van der Waals surface area contributed by atoms with E-state index in [0.717, 1.165) is 25.7 Å². The number of nitrogens with zero attached hydrogens (tertiary/aromatic N) is 2. The van der Waals surface area contributed by atoms with Crippen molar-refractivity contribution in [3.8, 4) is 0 Å². The maximum absolute atomic E-state index is 13.4. The van der Waals surface area contributed by atoms with Gasteiger partial charge in [-0.25, -0.2) is 4.79 Å². The van der Waals surface area contributed by atoms with Gasteiger partial charge in [-0.3, -0.25) is 14.5 Å². The third-order valence-corrected chi connectivity index (χ3v) is 6.50. The number of furan rings is 1. The van der Waals surface area contributed by atoms with Gasteiger partial charge in [0, 0.05) is 19.5 Å². The Hall–Kier alpha value is -2.31. The van der Waals surface area contributed by atoms with Gasteiger partial charge in [0.2, 0.25) is 5.91 Å². The van der Waals surface area contributed by atoms with E-state index >= 15 is 0 Å². The standard InChI is InChI=1S/C22H33N3O4/c1-4-10-22(17-8-11-24(12-9-17)19(26)14-16(3)5-2)20(27)25(21(28)23-22)15-18-7-6-13-29-18/h6-7,13,16-17H,4-5,8-12,14-15H2,1-3H3,(H,23,28)/t16-,22+/m0/s1. The molecule has 2 aliphatic heterocycles. The average Bonchev–Trinajstić information content (AvgIpc) is 3.31. The van der Waals surface area contributed by atoms with Crippen molar-refractivity contribution < 1.29 is 18.8 Å². The van der Waals surface area contributed by atoms with Crippen molar-refractivity contribution in [1.82, 2.24) is 15.1 Å². The summed E-state index contributed by atoms with van der Waals surface area (Å²) in [6, 6.07) is 3.16. The summed E-state index contributed by atoms with van der Waals surface area (Å²) in [4.78, 5) is 41.7. The number of piperidine rings is 1. The molecule has 3 rings (SSSR count). The van der Waals surface area contributed by atoms with Crippen LogP contribution in [0.4, 0.5) is 4.79 Å². The summed E-state index contributed by atoms with van der Waals surface area (Å²) >= 11 is 0. The van der Waals surface area contributed by atoms with Crippen LogP contribution >= 0.6 is 0 Å². The van der Waals surface area contributed by atoms with Crippen LogP contribution in [0.1, 0.15) is 65.1 Å². The molecule has 2 saturated heterocycles. The zero-order chi connectivity index (χ0) is 21.0.